The number of hydrogen-bond donors (Lipinski definition) is 3. The maximum absolute atomic E-state index is 13.3. The summed E-state index contributed by atoms with van der Waals surface area (Å²) in [5.41, 5.74) is 0.236. The number of aliphatic hydroxyl groups is 2. The number of pyridine rings is 1. The third kappa shape index (κ3) is 6.40. The Morgan fingerprint density at radius 2 is 1.97 bits per heavy atom. The van der Waals surface area contributed by atoms with Gasteiger partial charge in [0, 0.05) is 19.3 Å². The minimum Gasteiger partial charge on any atom is -0.490 e. The van der Waals surface area contributed by atoms with Crippen LogP contribution >= 0.6 is 0 Å². The van der Waals surface area contributed by atoms with Crippen LogP contribution in [0.3, 0.4) is 0 Å². The van der Waals surface area contributed by atoms with Crippen molar-refractivity contribution in [1.82, 2.24) is 15.2 Å². The fraction of sp³-hybridized carbons (Fsp3) is 0.409. The molecule has 0 saturated heterocycles. The molecule has 2 heterocycles. The summed E-state index contributed by atoms with van der Waals surface area (Å²) in [6.07, 6.45) is 2.78. The number of fused-ring (bicyclic) bond motifs is 2. The minimum absolute atomic E-state index is 0.0905. The van der Waals surface area contributed by atoms with Crippen LogP contribution in [0.15, 0.2) is 42.6 Å². The molecule has 0 aliphatic carbocycles. The molecule has 2 amide bonds. The molecule has 0 fully saturated rings. The number of amides is 2. The number of ether oxygens (including phenoxy) is 2. The summed E-state index contributed by atoms with van der Waals surface area (Å²) in [5.74, 6) is 0.356. The van der Waals surface area contributed by atoms with E-state index in [1.165, 1.54) is 11.1 Å². The summed E-state index contributed by atoms with van der Waals surface area (Å²) in [7, 11) is 0. The second-order valence-corrected chi connectivity index (χ2v) is 7.18. The van der Waals surface area contributed by atoms with Crippen molar-refractivity contribution in [3.8, 4) is 17.4 Å². The van der Waals surface area contributed by atoms with E-state index in [0.717, 1.165) is 12.8 Å². The Bertz CT molecular complexity index is 891. The van der Waals surface area contributed by atoms with Crippen LogP contribution in [0.2, 0.25) is 0 Å². The van der Waals surface area contributed by atoms with Gasteiger partial charge in [-0.25, -0.2) is 4.98 Å². The van der Waals surface area contributed by atoms with E-state index < -0.39 is 18.6 Å². The van der Waals surface area contributed by atoms with Crippen LogP contribution in [-0.2, 0) is 4.79 Å². The number of para-hydroxylation sites is 2. The molecule has 166 valence electrons. The van der Waals surface area contributed by atoms with Crippen molar-refractivity contribution in [1.29, 1.82) is 0 Å². The fourth-order valence-electron chi connectivity index (χ4n) is 3.10. The van der Waals surface area contributed by atoms with E-state index in [0.29, 0.717) is 31.1 Å². The Kier molecular flexibility index (Phi) is 8.19. The largest absolute Gasteiger partial charge is 0.490 e. The average molecular weight is 429 g/mol. The Balaban J connectivity index is 1.84. The molecule has 9 heteroatoms. The van der Waals surface area contributed by atoms with Crippen LogP contribution in [0.4, 0.5) is 0 Å². The number of aromatic nitrogens is 1. The molecule has 0 saturated carbocycles. The van der Waals surface area contributed by atoms with Gasteiger partial charge in [-0.3, -0.25) is 9.59 Å². The second kappa shape index (κ2) is 11.3. The van der Waals surface area contributed by atoms with E-state index in [1.54, 1.807) is 24.3 Å². The molecular weight excluding hydrogens is 402 g/mol. The molecule has 1 atom stereocenters. The highest BCUT2D eigenvalue weighted by Gasteiger charge is 2.24. The van der Waals surface area contributed by atoms with Crippen LogP contribution < -0.4 is 14.8 Å². The third-order valence-electron chi connectivity index (χ3n) is 4.75. The molecule has 0 spiro atoms. The van der Waals surface area contributed by atoms with Crippen molar-refractivity contribution >= 4 is 11.8 Å². The maximum atomic E-state index is 13.3. The van der Waals surface area contributed by atoms with Crippen molar-refractivity contribution in [2.24, 2.45) is 0 Å². The van der Waals surface area contributed by atoms with Gasteiger partial charge >= 0.3 is 0 Å². The number of nitrogens with one attached hydrogen (secondary N) is 1. The van der Waals surface area contributed by atoms with E-state index in [9.17, 15) is 14.7 Å². The van der Waals surface area contributed by atoms with Crippen LogP contribution in [0.1, 0.15) is 29.6 Å². The smallest absolute Gasteiger partial charge is 0.259 e. The predicted molar refractivity (Wildman–Crippen MR) is 112 cm³/mol. The van der Waals surface area contributed by atoms with Gasteiger partial charge in [0.05, 0.1) is 25.9 Å². The maximum Gasteiger partial charge on any atom is 0.259 e. The summed E-state index contributed by atoms with van der Waals surface area (Å²) in [5, 5.41) is 20.8. The van der Waals surface area contributed by atoms with Crippen molar-refractivity contribution < 1.29 is 29.3 Å². The summed E-state index contributed by atoms with van der Waals surface area (Å²) >= 11 is 0. The van der Waals surface area contributed by atoms with Gasteiger partial charge in [-0.15, -0.1) is 0 Å². The van der Waals surface area contributed by atoms with E-state index >= 15 is 0 Å². The Labute approximate surface area is 180 Å². The van der Waals surface area contributed by atoms with Gasteiger partial charge in [0.25, 0.3) is 5.91 Å². The molecule has 3 N–H and O–H groups in total. The first kappa shape index (κ1) is 22.5. The topological polar surface area (TPSA) is 121 Å². The summed E-state index contributed by atoms with van der Waals surface area (Å²) in [6, 6.07) is 10.4. The minimum atomic E-state index is -1.05. The quantitative estimate of drug-likeness (QED) is 0.656. The highest BCUT2D eigenvalue weighted by Crippen LogP contribution is 2.32. The second-order valence-electron chi connectivity index (χ2n) is 7.18. The summed E-state index contributed by atoms with van der Waals surface area (Å²) < 4.78 is 11.8. The van der Waals surface area contributed by atoms with Gasteiger partial charge in [0.15, 0.2) is 11.5 Å². The molecule has 1 aromatic carbocycles. The van der Waals surface area contributed by atoms with E-state index in [2.05, 4.69) is 10.3 Å². The standard InChI is InChI=1S/C22H27N3O6/c26-15-16(27)13-24-20(28)14-25-11-4-1-5-12-30-18-8-2-3-9-19(18)31-21-17(22(25)29)7-6-10-23-21/h2-3,6-10,16,26-27H,1,4-5,11-15H2,(H,24,28). The SMILES string of the molecule is O=C(CN1CCCCCOc2ccccc2Oc2ncccc2C1=O)NCC(O)CO. The number of nitrogens with zero attached hydrogens (tertiary/aromatic N) is 2. The van der Waals surface area contributed by atoms with Crippen LogP contribution in [0.25, 0.3) is 0 Å². The monoisotopic (exact) mass is 429 g/mol. The average Bonchev–Trinajstić information content (AvgIpc) is 2.80. The number of carbonyl (C=O) groups excluding carboxylic acids is 2. The number of benzene rings is 1. The molecule has 1 aliphatic rings. The number of rotatable bonds is 5. The first-order valence-electron chi connectivity index (χ1n) is 10.3. The number of aliphatic hydroxyl groups excluding tert-OH is 2. The predicted octanol–water partition coefficient (Wildman–Crippen LogP) is 1.35. The molecule has 3 rings (SSSR count). The zero-order chi connectivity index (χ0) is 22.1. The molecule has 0 radical (unpaired) electrons. The van der Waals surface area contributed by atoms with Gasteiger partial charge in [0.2, 0.25) is 11.8 Å². The van der Waals surface area contributed by atoms with Crippen molar-refractivity contribution in [2.45, 2.75) is 25.4 Å². The molecule has 2 aromatic rings. The summed E-state index contributed by atoms with van der Waals surface area (Å²) in [4.78, 5) is 31.3. The van der Waals surface area contributed by atoms with Gasteiger partial charge in [-0.1, -0.05) is 12.1 Å². The first-order valence-corrected chi connectivity index (χ1v) is 10.3. The molecule has 9 nitrogen and oxygen atoms in total. The van der Waals surface area contributed by atoms with E-state index in [1.807, 2.05) is 12.1 Å². The van der Waals surface area contributed by atoms with E-state index in [-0.39, 0.29) is 30.4 Å². The van der Waals surface area contributed by atoms with Crippen LogP contribution in [0.5, 0.6) is 17.4 Å². The summed E-state index contributed by atoms with van der Waals surface area (Å²) in [6.45, 7) is 0.146. The van der Waals surface area contributed by atoms with E-state index in [4.69, 9.17) is 14.6 Å². The zero-order valence-electron chi connectivity index (χ0n) is 17.2. The molecular formula is C22H27N3O6. The fourth-order valence-corrected chi connectivity index (χ4v) is 3.10. The Hall–Kier alpha value is -3.17. The van der Waals surface area contributed by atoms with Gasteiger partial charge in [0.1, 0.15) is 5.56 Å². The number of hydrogen-bond acceptors (Lipinski definition) is 7. The molecule has 1 aliphatic heterocycles. The van der Waals surface area contributed by atoms with Crippen molar-refractivity contribution in [3.05, 3.63) is 48.2 Å². The Morgan fingerprint density at radius 1 is 1.16 bits per heavy atom. The van der Waals surface area contributed by atoms with Gasteiger partial charge in [-0.05, 0) is 43.5 Å². The highest BCUT2D eigenvalue weighted by molar-refractivity contribution is 5.98. The molecule has 1 aromatic heterocycles. The van der Waals surface area contributed by atoms with Crippen molar-refractivity contribution in [3.63, 3.8) is 0 Å². The molecule has 1 unspecified atom stereocenters. The third-order valence-corrected chi connectivity index (χ3v) is 4.75. The lowest BCUT2D eigenvalue weighted by molar-refractivity contribution is -0.122. The van der Waals surface area contributed by atoms with Gasteiger partial charge in [-0.2, -0.15) is 0 Å². The van der Waals surface area contributed by atoms with Crippen molar-refractivity contribution in [2.75, 3.05) is 32.8 Å². The van der Waals surface area contributed by atoms with Crippen LogP contribution in [0, 0.1) is 0 Å². The first-order chi connectivity index (χ1) is 15.1. The zero-order valence-corrected chi connectivity index (χ0v) is 17.2. The lowest BCUT2D eigenvalue weighted by Gasteiger charge is -2.23. The van der Waals surface area contributed by atoms with Crippen LogP contribution in [-0.4, -0.2) is 70.9 Å². The number of carbonyl (C=O) groups is 2. The highest BCUT2D eigenvalue weighted by atomic mass is 16.5. The molecule has 0 bridgehead atoms. The Morgan fingerprint density at radius 3 is 2.77 bits per heavy atom. The molecule has 31 heavy (non-hydrogen) atoms. The lowest BCUT2D eigenvalue weighted by atomic mass is 10.2. The van der Waals surface area contributed by atoms with Gasteiger partial charge < -0.3 is 29.9 Å². The normalized spacial score (nSPS) is 15.7. The lowest BCUT2D eigenvalue weighted by Crippen LogP contribution is -2.43.